The molecule has 15 nitrogen and oxygen atoms in total. The first kappa shape index (κ1) is 25.2. The van der Waals surface area contributed by atoms with Gasteiger partial charge >= 0.3 is 5.97 Å². The van der Waals surface area contributed by atoms with E-state index in [-0.39, 0.29) is 11.4 Å². The van der Waals surface area contributed by atoms with Gasteiger partial charge in [-0.25, -0.2) is 4.79 Å². The second kappa shape index (κ2) is 10.2. The second-order valence-electron chi connectivity index (χ2n) is 7.41. The highest BCUT2D eigenvalue weighted by molar-refractivity contribution is 5.73. The highest BCUT2D eigenvalue weighted by Gasteiger charge is 2.52. The number of nitro benzene ring substituents is 1. The molecular weight excluding hydrogens is 454 g/mol. The van der Waals surface area contributed by atoms with Gasteiger partial charge in [0.05, 0.1) is 11.5 Å². The molecule has 33 heavy (non-hydrogen) atoms. The predicted octanol–water partition coefficient (Wildman–Crippen LogP) is -3.31. The van der Waals surface area contributed by atoms with E-state index in [1.54, 1.807) is 0 Å². The van der Waals surface area contributed by atoms with E-state index in [0.717, 1.165) is 12.1 Å². The lowest BCUT2D eigenvalue weighted by Gasteiger charge is -2.45. The molecule has 0 spiro atoms. The minimum Gasteiger partial charge on any atom is -0.479 e. The van der Waals surface area contributed by atoms with Crippen LogP contribution in [-0.2, 0) is 19.0 Å². The van der Waals surface area contributed by atoms with E-state index in [1.807, 2.05) is 0 Å². The van der Waals surface area contributed by atoms with E-state index >= 15 is 0 Å². The van der Waals surface area contributed by atoms with Crippen molar-refractivity contribution in [2.24, 2.45) is 0 Å². The van der Waals surface area contributed by atoms with E-state index in [1.165, 1.54) is 12.1 Å². The molecule has 1 aromatic carbocycles. The number of aliphatic carboxylic acids is 1. The van der Waals surface area contributed by atoms with Crippen LogP contribution in [0.3, 0.4) is 0 Å². The Kier molecular flexibility index (Phi) is 7.78. The van der Waals surface area contributed by atoms with E-state index < -0.39 is 78.9 Å². The van der Waals surface area contributed by atoms with Crippen molar-refractivity contribution in [3.8, 4) is 5.75 Å². The second-order valence-corrected chi connectivity index (χ2v) is 7.41. The number of hydrogen-bond acceptors (Lipinski definition) is 13. The Labute approximate surface area is 185 Å². The monoisotopic (exact) mass is 477 g/mol. The zero-order valence-corrected chi connectivity index (χ0v) is 16.7. The van der Waals surface area contributed by atoms with Gasteiger partial charge in [0, 0.05) is 12.1 Å². The molecule has 7 N–H and O–H groups in total. The van der Waals surface area contributed by atoms with Gasteiger partial charge in [0.25, 0.3) is 5.69 Å². The van der Waals surface area contributed by atoms with Gasteiger partial charge in [-0.05, 0) is 12.1 Å². The first-order valence-electron chi connectivity index (χ1n) is 9.66. The molecule has 0 bridgehead atoms. The van der Waals surface area contributed by atoms with Gasteiger partial charge in [0.15, 0.2) is 12.4 Å². The fraction of sp³-hybridized carbons (Fsp3) is 0.611. The predicted molar refractivity (Wildman–Crippen MR) is 101 cm³/mol. The molecule has 2 aliphatic heterocycles. The molecule has 0 radical (unpaired) electrons. The van der Waals surface area contributed by atoms with E-state index in [0.29, 0.717) is 0 Å². The molecule has 15 heteroatoms. The SMILES string of the molecule is O=C(O)[C@H]1O[C@@H](O[C@@H]2[C@H](O)[C@@H](O)[C@@H](Oc3ccc([N+](=O)[O-])cc3)O[C@@H]2CO)[C@H](O)[C@@H](O)[C@@H]1O. The van der Waals surface area contributed by atoms with Gasteiger partial charge in [-0.15, -0.1) is 0 Å². The van der Waals surface area contributed by atoms with Crippen LogP contribution in [0.4, 0.5) is 5.69 Å². The fourth-order valence-corrected chi connectivity index (χ4v) is 3.42. The van der Waals surface area contributed by atoms with E-state index in [9.17, 15) is 45.5 Å². The van der Waals surface area contributed by atoms with Crippen LogP contribution in [0, 0.1) is 10.1 Å². The molecule has 0 unspecified atom stereocenters. The molecule has 3 rings (SSSR count). The summed E-state index contributed by atoms with van der Waals surface area (Å²) in [6.07, 6.45) is -17.8. The number of aliphatic hydroxyl groups excluding tert-OH is 6. The summed E-state index contributed by atoms with van der Waals surface area (Å²) >= 11 is 0. The summed E-state index contributed by atoms with van der Waals surface area (Å²) in [6.45, 7) is -0.787. The van der Waals surface area contributed by atoms with Crippen LogP contribution < -0.4 is 4.74 Å². The van der Waals surface area contributed by atoms with Crippen molar-refractivity contribution < 1.29 is 64.4 Å². The van der Waals surface area contributed by atoms with Gasteiger partial charge in [-0.2, -0.15) is 0 Å². The van der Waals surface area contributed by atoms with Crippen molar-refractivity contribution in [1.82, 2.24) is 0 Å². The van der Waals surface area contributed by atoms with Crippen molar-refractivity contribution in [1.29, 1.82) is 0 Å². The number of nitrogens with zero attached hydrogens (tertiary/aromatic N) is 1. The lowest BCUT2D eigenvalue weighted by molar-refractivity contribution is -0.384. The molecule has 2 fully saturated rings. The third-order valence-corrected chi connectivity index (χ3v) is 5.22. The van der Waals surface area contributed by atoms with Gasteiger partial charge < -0.3 is 54.7 Å². The van der Waals surface area contributed by atoms with Crippen molar-refractivity contribution in [2.75, 3.05) is 6.61 Å². The molecule has 2 saturated heterocycles. The number of aliphatic hydroxyl groups is 6. The standard InChI is InChI=1S/C18H23NO14/c20-5-8-14(32-18-12(24)9(21)10(22)15(33-18)16(26)27)11(23)13(25)17(31-8)30-7-3-1-6(2-4-7)19(28)29/h1-4,8-15,17-18,20-25H,5H2,(H,26,27)/t8-,9+,10+,11-,12-,13-,14+,15+,17+,18-/m1/s1. The highest BCUT2D eigenvalue weighted by Crippen LogP contribution is 2.30. The summed E-state index contributed by atoms with van der Waals surface area (Å²) in [5, 5.41) is 80.1. The zero-order chi connectivity index (χ0) is 24.4. The fourth-order valence-electron chi connectivity index (χ4n) is 3.42. The summed E-state index contributed by atoms with van der Waals surface area (Å²) in [5.41, 5.74) is -0.216. The topological polar surface area (TPSA) is 239 Å². The molecule has 1 aromatic rings. The Morgan fingerprint density at radius 2 is 1.55 bits per heavy atom. The number of carboxylic acid groups (broad SMARTS) is 1. The summed E-state index contributed by atoms with van der Waals surface area (Å²) in [5.74, 6) is -1.61. The summed E-state index contributed by atoms with van der Waals surface area (Å²) in [6, 6.07) is 4.72. The number of non-ortho nitro benzene ring substituents is 1. The maximum absolute atomic E-state index is 11.2. The van der Waals surface area contributed by atoms with Gasteiger partial charge in [0.1, 0.15) is 48.5 Å². The third-order valence-electron chi connectivity index (χ3n) is 5.22. The largest absolute Gasteiger partial charge is 0.479 e. The number of rotatable bonds is 7. The van der Waals surface area contributed by atoms with Crippen molar-refractivity contribution >= 4 is 11.7 Å². The number of hydrogen-bond donors (Lipinski definition) is 7. The Morgan fingerprint density at radius 3 is 2.09 bits per heavy atom. The van der Waals surface area contributed by atoms with Crippen molar-refractivity contribution in [3.05, 3.63) is 34.4 Å². The molecule has 0 aromatic heterocycles. The smallest absolute Gasteiger partial charge is 0.335 e. The Bertz CT molecular complexity index is 834. The maximum Gasteiger partial charge on any atom is 0.335 e. The molecular formula is C18H23NO14. The quantitative estimate of drug-likeness (QED) is 0.150. The Morgan fingerprint density at radius 1 is 0.939 bits per heavy atom. The number of ether oxygens (including phenoxy) is 4. The van der Waals surface area contributed by atoms with Crippen LogP contribution in [0.25, 0.3) is 0 Å². The highest BCUT2D eigenvalue weighted by atomic mass is 16.7. The number of nitro groups is 1. The first-order valence-corrected chi connectivity index (χ1v) is 9.66. The van der Waals surface area contributed by atoms with Crippen LogP contribution in [0.15, 0.2) is 24.3 Å². The van der Waals surface area contributed by atoms with Gasteiger partial charge in [-0.3, -0.25) is 10.1 Å². The lowest BCUT2D eigenvalue weighted by Crippen LogP contribution is -2.65. The number of benzene rings is 1. The molecule has 184 valence electrons. The average molecular weight is 477 g/mol. The maximum atomic E-state index is 11.2. The molecule has 2 aliphatic rings. The van der Waals surface area contributed by atoms with Crippen LogP contribution in [0.5, 0.6) is 5.75 Å². The van der Waals surface area contributed by atoms with Crippen LogP contribution in [0.1, 0.15) is 0 Å². The van der Waals surface area contributed by atoms with Crippen molar-refractivity contribution in [2.45, 2.75) is 61.4 Å². The summed E-state index contributed by atoms with van der Waals surface area (Å²) in [7, 11) is 0. The Balaban J connectivity index is 1.72. The minimum absolute atomic E-state index is 0.0420. The average Bonchev–Trinajstić information content (AvgIpc) is 2.78. The summed E-state index contributed by atoms with van der Waals surface area (Å²) < 4.78 is 21.1. The minimum atomic E-state index is -1.97. The van der Waals surface area contributed by atoms with Gasteiger partial charge in [-0.1, -0.05) is 0 Å². The number of carbonyl (C=O) groups is 1. The first-order chi connectivity index (χ1) is 15.5. The van der Waals surface area contributed by atoms with Gasteiger partial charge in [0.2, 0.25) is 6.29 Å². The zero-order valence-electron chi connectivity index (χ0n) is 16.7. The van der Waals surface area contributed by atoms with Crippen molar-refractivity contribution in [3.63, 3.8) is 0 Å². The van der Waals surface area contributed by atoms with E-state index in [2.05, 4.69) is 0 Å². The molecule has 2 heterocycles. The summed E-state index contributed by atoms with van der Waals surface area (Å²) in [4.78, 5) is 21.3. The molecule has 0 aliphatic carbocycles. The normalized spacial score (nSPS) is 39.1. The van der Waals surface area contributed by atoms with E-state index in [4.69, 9.17) is 24.1 Å². The Hall–Kier alpha value is -2.47. The van der Waals surface area contributed by atoms with Crippen LogP contribution >= 0.6 is 0 Å². The lowest BCUT2D eigenvalue weighted by atomic mass is 9.97. The molecule has 10 atom stereocenters. The third kappa shape index (κ3) is 5.21. The van der Waals surface area contributed by atoms with Crippen LogP contribution in [0.2, 0.25) is 0 Å². The van der Waals surface area contributed by atoms with Crippen LogP contribution in [-0.4, -0.2) is 115 Å². The number of carboxylic acids is 1. The molecule has 0 amide bonds. The molecule has 0 saturated carbocycles.